The fraction of sp³-hybridized carbons (Fsp3) is 0.562. The van der Waals surface area contributed by atoms with E-state index in [1.807, 2.05) is 24.3 Å². The van der Waals surface area contributed by atoms with Crippen LogP contribution in [0.25, 0.3) is 0 Å². The Kier molecular flexibility index (Phi) is 5.27. The Hall–Kier alpha value is -1.71. The van der Waals surface area contributed by atoms with E-state index >= 15 is 0 Å². The van der Waals surface area contributed by atoms with E-state index in [1.54, 1.807) is 14.0 Å². The van der Waals surface area contributed by atoms with Crippen LogP contribution in [0, 0.1) is 0 Å². The highest BCUT2D eigenvalue weighted by molar-refractivity contribution is 5.81. The van der Waals surface area contributed by atoms with E-state index in [0.29, 0.717) is 17.5 Å². The topological polar surface area (TPSA) is 47.6 Å². The Labute approximate surface area is 120 Å². The Bertz CT molecular complexity index is 441. The first-order chi connectivity index (χ1) is 9.70. The summed E-state index contributed by atoms with van der Waals surface area (Å²) in [6.45, 7) is 1.77. The molecule has 1 saturated carbocycles. The van der Waals surface area contributed by atoms with Crippen LogP contribution in [0.5, 0.6) is 11.5 Å². The number of ether oxygens (including phenoxy) is 2. The lowest BCUT2D eigenvalue weighted by Crippen LogP contribution is -2.43. The third-order valence-corrected chi connectivity index (χ3v) is 3.69. The van der Waals surface area contributed by atoms with E-state index in [0.717, 1.165) is 12.8 Å². The Balaban J connectivity index is 1.89. The molecule has 0 spiro atoms. The molecule has 1 N–H and O–H groups in total. The fourth-order valence-corrected chi connectivity index (χ4v) is 2.53. The molecular weight excluding hydrogens is 254 g/mol. The molecule has 20 heavy (non-hydrogen) atoms. The van der Waals surface area contributed by atoms with Crippen LogP contribution in [0.15, 0.2) is 24.3 Å². The number of amides is 1. The number of hydrogen-bond acceptors (Lipinski definition) is 3. The summed E-state index contributed by atoms with van der Waals surface area (Å²) in [4.78, 5) is 12.1. The van der Waals surface area contributed by atoms with E-state index in [9.17, 15) is 4.79 Å². The molecule has 0 unspecified atom stereocenters. The van der Waals surface area contributed by atoms with Crippen molar-refractivity contribution in [3.05, 3.63) is 24.3 Å². The van der Waals surface area contributed by atoms with Gasteiger partial charge in [-0.3, -0.25) is 4.79 Å². The molecule has 4 heteroatoms. The van der Waals surface area contributed by atoms with Crippen LogP contribution >= 0.6 is 0 Å². The zero-order valence-electron chi connectivity index (χ0n) is 12.2. The molecule has 2 rings (SSSR count). The van der Waals surface area contributed by atoms with Crippen molar-refractivity contribution in [3.8, 4) is 11.5 Å². The van der Waals surface area contributed by atoms with Gasteiger partial charge in [-0.1, -0.05) is 31.4 Å². The van der Waals surface area contributed by atoms with Gasteiger partial charge >= 0.3 is 0 Å². The second-order valence-corrected chi connectivity index (χ2v) is 5.25. The van der Waals surface area contributed by atoms with E-state index in [4.69, 9.17) is 9.47 Å². The van der Waals surface area contributed by atoms with Crippen molar-refractivity contribution in [1.82, 2.24) is 5.32 Å². The average Bonchev–Trinajstić information content (AvgIpc) is 2.48. The first kappa shape index (κ1) is 14.7. The van der Waals surface area contributed by atoms with Crippen LogP contribution in [-0.4, -0.2) is 25.2 Å². The molecule has 1 amide bonds. The summed E-state index contributed by atoms with van der Waals surface area (Å²) < 4.78 is 10.9. The van der Waals surface area contributed by atoms with Gasteiger partial charge in [-0.15, -0.1) is 0 Å². The highest BCUT2D eigenvalue weighted by Gasteiger charge is 2.21. The predicted molar refractivity (Wildman–Crippen MR) is 78.1 cm³/mol. The summed E-state index contributed by atoms with van der Waals surface area (Å²) in [5, 5.41) is 3.07. The average molecular weight is 277 g/mol. The maximum atomic E-state index is 12.1. The Morgan fingerprint density at radius 3 is 2.50 bits per heavy atom. The maximum Gasteiger partial charge on any atom is 0.260 e. The van der Waals surface area contributed by atoms with E-state index in [2.05, 4.69) is 5.32 Å². The van der Waals surface area contributed by atoms with Crippen LogP contribution in [-0.2, 0) is 4.79 Å². The van der Waals surface area contributed by atoms with Gasteiger partial charge in [0, 0.05) is 6.04 Å². The minimum Gasteiger partial charge on any atom is -0.493 e. The Morgan fingerprint density at radius 1 is 1.20 bits per heavy atom. The molecule has 110 valence electrons. The number of benzene rings is 1. The molecule has 0 heterocycles. The minimum atomic E-state index is -0.520. The molecule has 0 saturated heterocycles. The highest BCUT2D eigenvalue weighted by Crippen LogP contribution is 2.27. The van der Waals surface area contributed by atoms with Crippen LogP contribution in [0.3, 0.4) is 0 Å². The van der Waals surface area contributed by atoms with Crippen LogP contribution in [0.4, 0.5) is 0 Å². The number of rotatable bonds is 5. The number of nitrogens with one attached hydrogen (secondary N) is 1. The van der Waals surface area contributed by atoms with Crippen LogP contribution in [0.1, 0.15) is 39.0 Å². The normalized spacial score (nSPS) is 17.3. The summed E-state index contributed by atoms with van der Waals surface area (Å²) in [7, 11) is 1.59. The van der Waals surface area contributed by atoms with Crippen LogP contribution in [0.2, 0.25) is 0 Å². The van der Waals surface area contributed by atoms with Gasteiger partial charge < -0.3 is 14.8 Å². The van der Waals surface area contributed by atoms with Crippen molar-refractivity contribution in [3.63, 3.8) is 0 Å². The zero-order valence-corrected chi connectivity index (χ0v) is 12.2. The fourth-order valence-electron chi connectivity index (χ4n) is 2.53. The monoisotopic (exact) mass is 277 g/mol. The van der Waals surface area contributed by atoms with E-state index in [-0.39, 0.29) is 5.91 Å². The van der Waals surface area contributed by atoms with E-state index in [1.165, 1.54) is 19.3 Å². The molecule has 4 nitrogen and oxygen atoms in total. The lowest BCUT2D eigenvalue weighted by Gasteiger charge is -2.25. The SMILES string of the molecule is COc1ccccc1O[C@H](C)C(=O)NC1CCCCC1. The molecule has 0 aromatic heterocycles. The molecule has 1 fully saturated rings. The summed E-state index contributed by atoms with van der Waals surface area (Å²) in [6.07, 6.45) is 5.31. The number of methoxy groups -OCH3 is 1. The van der Waals surface area contributed by atoms with Crippen LogP contribution < -0.4 is 14.8 Å². The largest absolute Gasteiger partial charge is 0.493 e. The molecule has 0 aliphatic heterocycles. The first-order valence-corrected chi connectivity index (χ1v) is 7.30. The van der Waals surface area contributed by atoms with E-state index < -0.39 is 6.10 Å². The first-order valence-electron chi connectivity index (χ1n) is 7.30. The van der Waals surface area contributed by atoms with Gasteiger partial charge in [-0.05, 0) is 31.9 Å². The number of para-hydroxylation sites is 2. The molecule has 1 aromatic rings. The Morgan fingerprint density at radius 2 is 1.85 bits per heavy atom. The molecule has 0 radical (unpaired) electrons. The highest BCUT2D eigenvalue weighted by atomic mass is 16.5. The molecule has 0 bridgehead atoms. The summed E-state index contributed by atoms with van der Waals surface area (Å²) in [5.74, 6) is 1.19. The van der Waals surface area contributed by atoms with Crippen molar-refractivity contribution in [2.24, 2.45) is 0 Å². The van der Waals surface area contributed by atoms with Gasteiger partial charge in [0.25, 0.3) is 5.91 Å². The zero-order chi connectivity index (χ0) is 14.4. The molecule has 1 atom stereocenters. The van der Waals surface area contributed by atoms with Gasteiger partial charge in [0.15, 0.2) is 17.6 Å². The molecule has 1 aromatic carbocycles. The summed E-state index contributed by atoms with van der Waals surface area (Å²) in [6, 6.07) is 7.67. The minimum absolute atomic E-state index is 0.0530. The second-order valence-electron chi connectivity index (χ2n) is 5.25. The van der Waals surface area contributed by atoms with Crippen molar-refractivity contribution in [1.29, 1.82) is 0 Å². The lowest BCUT2D eigenvalue weighted by molar-refractivity contribution is -0.128. The van der Waals surface area contributed by atoms with Gasteiger partial charge in [-0.2, -0.15) is 0 Å². The quantitative estimate of drug-likeness (QED) is 0.900. The third kappa shape index (κ3) is 3.89. The number of hydrogen-bond donors (Lipinski definition) is 1. The van der Waals surface area contributed by atoms with Gasteiger partial charge in [0.05, 0.1) is 7.11 Å². The van der Waals surface area contributed by atoms with Gasteiger partial charge in [0.2, 0.25) is 0 Å². The van der Waals surface area contributed by atoms with Gasteiger partial charge in [0.1, 0.15) is 0 Å². The molecular formula is C16H23NO3. The second kappa shape index (κ2) is 7.17. The van der Waals surface area contributed by atoms with Crippen molar-refractivity contribution < 1.29 is 14.3 Å². The summed E-state index contributed by atoms with van der Waals surface area (Å²) >= 11 is 0. The third-order valence-electron chi connectivity index (χ3n) is 3.69. The van der Waals surface area contributed by atoms with Crippen molar-refractivity contribution in [2.45, 2.75) is 51.2 Å². The van der Waals surface area contributed by atoms with Gasteiger partial charge in [-0.25, -0.2) is 0 Å². The standard InChI is InChI=1S/C16H23NO3/c1-12(16(18)17-13-8-4-3-5-9-13)20-15-11-7-6-10-14(15)19-2/h6-7,10-13H,3-5,8-9H2,1-2H3,(H,17,18)/t12-/m1/s1. The number of carbonyl (C=O) groups is 1. The molecule has 1 aliphatic carbocycles. The maximum absolute atomic E-state index is 12.1. The van der Waals surface area contributed by atoms with Crippen molar-refractivity contribution >= 4 is 5.91 Å². The lowest BCUT2D eigenvalue weighted by atomic mass is 9.95. The summed E-state index contributed by atoms with van der Waals surface area (Å²) in [5.41, 5.74) is 0. The van der Waals surface area contributed by atoms with Crippen molar-refractivity contribution in [2.75, 3.05) is 7.11 Å². The smallest absolute Gasteiger partial charge is 0.260 e. The number of carbonyl (C=O) groups excluding carboxylic acids is 1. The predicted octanol–water partition coefficient (Wildman–Crippen LogP) is 2.91. The molecule has 1 aliphatic rings.